The Balaban J connectivity index is 1.46. The van der Waals surface area contributed by atoms with E-state index in [0.717, 1.165) is 44.1 Å². The minimum atomic E-state index is -0.934. The number of carbonyl (C=O) groups is 2. The summed E-state index contributed by atoms with van der Waals surface area (Å²) in [5.74, 6) is 0.537. The van der Waals surface area contributed by atoms with Crippen molar-refractivity contribution in [3.63, 3.8) is 0 Å². The summed E-state index contributed by atoms with van der Waals surface area (Å²) in [5.41, 5.74) is -0.610. The number of hydrogen-bond acceptors (Lipinski definition) is 6. The number of aliphatic hydroxyl groups is 2. The molecule has 0 unspecified atom stereocenters. The molecule has 0 amide bonds. The van der Waals surface area contributed by atoms with Crippen LogP contribution in [-0.2, 0) is 19.1 Å². The fraction of sp³-hybridized carbons (Fsp3) is 0.833. The summed E-state index contributed by atoms with van der Waals surface area (Å²) in [6.07, 6.45) is 7.78. The molecule has 0 spiro atoms. The third-order valence-electron chi connectivity index (χ3n) is 10.3. The van der Waals surface area contributed by atoms with Gasteiger partial charge in [0, 0.05) is 11.5 Å². The van der Waals surface area contributed by atoms with Crippen LogP contribution in [-0.4, -0.2) is 47.1 Å². The summed E-state index contributed by atoms with van der Waals surface area (Å²) in [6, 6.07) is 0. The highest BCUT2D eigenvalue weighted by molar-refractivity contribution is 5.85. The van der Waals surface area contributed by atoms with Gasteiger partial charge in [-0.25, -0.2) is 4.79 Å². The van der Waals surface area contributed by atoms with Crippen molar-refractivity contribution in [2.45, 2.75) is 83.0 Å². The molecular weight excluding hydrogens is 384 g/mol. The Kier molecular flexibility index (Phi) is 4.64. The van der Waals surface area contributed by atoms with Crippen LogP contribution >= 0.6 is 0 Å². The number of fused-ring (bicyclic) bond motifs is 5. The minimum absolute atomic E-state index is 0.00157. The summed E-state index contributed by atoms with van der Waals surface area (Å²) in [4.78, 5) is 22.5. The molecule has 9 atom stereocenters. The van der Waals surface area contributed by atoms with Crippen LogP contribution in [0.3, 0.4) is 0 Å². The normalized spacial score (nSPS) is 52.5. The number of cyclic esters (lactones) is 1. The van der Waals surface area contributed by atoms with Crippen LogP contribution in [0.5, 0.6) is 0 Å². The summed E-state index contributed by atoms with van der Waals surface area (Å²) >= 11 is 0. The number of hydrogen-bond donors (Lipinski definition) is 2. The first-order chi connectivity index (χ1) is 14.2. The van der Waals surface area contributed by atoms with Crippen molar-refractivity contribution in [1.82, 2.24) is 0 Å². The molecule has 166 valence electrons. The largest absolute Gasteiger partial charge is 0.465 e. The molecular formula is C24H34O6. The topological polar surface area (TPSA) is 93.1 Å². The van der Waals surface area contributed by atoms with E-state index in [1.54, 1.807) is 6.08 Å². The summed E-state index contributed by atoms with van der Waals surface area (Å²) < 4.78 is 10.5. The molecule has 4 aliphatic carbocycles. The van der Waals surface area contributed by atoms with Crippen LogP contribution in [0.4, 0.5) is 0 Å². The highest BCUT2D eigenvalue weighted by Gasteiger charge is 2.70. The molecule has 5 aliphatic rings. The number of rotatable bonds is 3. The average Bonchev–Trinajstić information content (AvgIpc) is 3.25. The molecule has 4 saturated carbocycles. The number of aliphatic hydroxyl groups excluding tert-OH is 1. The fourth-order valence-corrected chi connectivity index (χ4v) is 8.55. The first-order valence-electron chi connectivity index (χ1n) is 11.6. The highest BCUT2D eigenvalue weighted by atomic mass is 16.5. The van der Waals surface area contributed by atoms with Crippen molar-refractivity contribution in [2.24, 2.45) is 34.5 Å². The van der Waals surface area contributed by atoms with Crippen molar-refractivity contribution in [3.05, 3.63) is 11.6 Å². The zero-order valence-corrected chi connectivity index (χ0v) is 18.0. The maximum atomic E-state index is 12.2. The zero-order chi connectivity index (χ0) is 21.3. The van der Waals surface area contributed by atoms with Gasteiger partial charge in [0.2, 0.25) is 0 Å². The Morgan fingerprint density at radius 2 is 1.93 bits per heavy atom. The van der Waals surface area contributed by atoms with E-state index in [0.29, 0.717) is 25.2 Å². The molecule has 0 aromatic carbocycles. The SMILES string of the molecule is C[C@]12CC[C@H](OC=O)C[C@H]1CC[C@@H]1[C@@H]2C[C@@H](O)[C@]2(C)[C@@H](C3=CC(=O)OC3)CC[C@]12O. The minimum Gasteiger partial charge on any atom is -0.465 e. The molecule has 5 rings (SSSR count). The lowest BCUT2D eigenvalue weighted by atomic mass is 9.42. The van der Waals surface area contributed by atoms with Gasteiger partial charge in [-0.05, 0) is 86.0 Å². The Hall–Kier alpha value is -1.40. The van der Waals surface area contributed by atoms with Crippen molar-refractivity contribution >= 4 is 12.4 Å². The second-order valence-corrected chi connectivity index (χ2v) is 11.0. The van der Waals surface area contributed by atoms with Gasteiger partial charge in [-0.1, -0.05) is 13.8 Å². The van der Waals surface area contributed by atoms with Gasteiger partial charge in [-0.2, -0.15) is 0 Å². The van der Waals surface area contributed by atoms with Crippen molar-refractivity contribution < 1.29 is 29.3 Å². The molecule has 0 saturated heterocycles. The predicted octanol–water partition coefficient (Wildman–Crippen LogP) is 2.76. The van der Waals surface area contributed by atoms with E-state index in [2.05, 4.69) is 6.92 Å². The van der Waals surface area contributed by atoms with Crippen LogP contribution in [0.2, 0.25) is 0 Å². The van der Waals surface area contributed by atoms with Crippen LogP contribution in [0.1, 0.15) is 65.2 Å². The van der Waals surface area contributed by atoms with Crippen LogP contribution in [0, 0.1) is 34.5 Å². The van der Waals surface area contributed by atoms with Crippen LogP contribution < -0.4 is 0 Å². The van der Waals surface area contributed by atoms with Gasteiger partial charge < -0.3 is 19.7 Å². The summed E-state index contributed by atoms with van der Waals surface area (Å²) in [5, 5.41) is 23.7. The quantitative estimate of drug-likeness (QED) is 0.541. The Morgan fingerprint density at radius 3 is 2.63 bits per heavy atom. The van der Waals surface area contributed by atoms with Gasteiger partial charge in [0.25, 0.3) is 6.47 Å². The average molecular weight is 419 g/mol. The molecule has 6 nitrogen and oxygen atoms in total. The Bertz CT molecular complexity index is 778. The van der Waals surface area contributed by atoms with Gasteiger partial charge >= 0.3 is 5.97 Å². The second kappa shape index (κ2) is 6.80. The zero-order valence-electron chi connectivity index (χ0n) is 18.0. The fourth-order valence-electron chi connectivity index (χ4n) is 8.55. The van der Waals surface area contributed by atoms with E-state index in [-0.39, 0.29) is 41.8 Å². The van der Waals surface area contributed by atoms with E-state index in [9.17, 15) is 19.8 Å². The second-order valence-electron chi connectivity index (χ2n) is 11.0. The lowest BCUT2D eigenvalue weighted by molar-refractivity contribution is -0.245. The molecule has 4 fully saturated rings. The van der Waals surface area contributed by atoms with Gasteiger partial charge in [-0.15, -0.1) is 0 Å². The molecule has 6 heteroatoms. The van der Waals surface area contributed by atoms with E-state index in [1.807, 2.05) is 6.92 Å². The molecule has 30 heavy (non-hydrogen) atoms. The van der Waals surface area contributed by atoms with E-state index < -0.39 is 17.1 Å². The summed E-state index contributed by atoms with van der Waals surface area (Å²) in [6.45, 7) is 5.23. The monoisotopic (exact) mass is 418 g/mol. The van der Waals surface area contributed by atoms with E-state index in [4.69, 9.17) is 9.47 Å². The lowest BCUT2D eigenvalue weighted by Gasteiger charge is -2.65. The van der Waals surface area contributed by atoms with Gasteiger partial charge in [0.15, 0.2) is 0 Å². The highest BCUT2D eigenvalue weighted by Crippen LogP contribution is 2.69. The molecule has 0 bridgehead atoms. The number of carbonyl (C=O) groups excluding carboxylic acids is 2. The first-order valence-corrected chi connectivity index (χ1v) is 11.6. The van der Waals surface area contributed by atoms with Crippen LogP contribution in [0.25, 0.3) is 0 Å². The Labute approximate surface area is 178 Å². The Morgan fingerprint density at radius 1 is 1.13 bits per heavy atom. The third-order valence-corrected chi connectivity index (χ3v) is 10.3. The van der Waals surface area contributed by atoms with Crippen LogP contribution in [0.15, 0.2) is 11.6 Å². The predicted molar refractivity (Wildman–Crippen MR) is 108 cm³/mol. The number of ether oxygens (including phenoxy) is 2. The van der Waals surface area contributed by atoms with Gasteiger partial charge in [0.1, 0.15) is 12.7 Å². The molecule has 0 radical (unpaired) electrons. The standard InChI is InChI=1S/C24H34O6/c1-22-7-5-16(30-13-25)10-15(22)3-4-18-19(22)11-20(26)23(2)17(6-8-24(18,23)28)14-9-21(27)29-12-14/h9,13,15-20,26,28H,3-8,10-12H2,1-2H3/t15-,16+,17-,18-,19+,20-,22+,23+,24+/m1/s1. The molecule has 1 heterocycles. The smallest absolute Gasteiger partial charge is 0.331 e. The van der Waals surface area contributed by atoms with Crippen molar-refractivity contribution in [1.29, 1.82) is 0 Å². The maximum absolute atomic E-state index is 12.2. The molecule has 0 aromatic heterocycles. The molecule has 2 N–H and O–H groups in total. The molecule has 0 aromatic rings. The van der Waals surface area contributed by atoms with Crippen molar-refractivity contribution in [3.8, 4) is 0 Å². The van der Waals surface area contributed by atoms with E-state index >= 15 is 0 Å². The third kappa shape index (κ3) is 2.56. The lowest BCUT2D eigenvalue weighted by Crippen LogP contribution is -2.67. The van der Waals surface area contributed by atoms with Gasteiger partial charge in [-0.3, -0.25) is 4.79 Å². The van der Waals surface area contributed by atoms with Gasteiger partial charge in [0.05, 0.1) is 11.7 Å². The molecule has 1 aliphatic heterocycles. The van der Waals surface area contributed by atoms with Crippen molar-refractivity contribution in [2.75, 3.05) is 6.61 Å². The number of esters is 1. The summed E-state index contributed by atoms with van der Waals surface area (Å²) in [7, 11) is 0. The first kappa shape index (κ1) is 20.5. The maximum Gasteiger partial charge on any atom is 0.331 e. The van der Waals surface area contributed by atoms with E-state index in [1.165, 1.54) is 0 Å².